The van der Waals surface area contributed by atoms with Crippen LogP contribution >= 0.6 is 0 Å². The molecule has 2 heterocycles. The molecule has 1 aromatic carbocycles. The van der Waals surface area contributed by atoms with Crippen LogP contribution in [0.2, 0.25) is 0 Å². The molecule has 21 heavy (non-hydrogen) atoms. The Balaban J connectivity index is 1.80. The highest BCUT2D eigenvalue weighted by molar-refractivity contribution is 5.98. The maximum Gasteiger partial charge on any atom is 0.215 e. The van der Waals surface area contributed by atoms with Gasteiger partial charge in [-0.3, -0.25) is 4.98 Å². The Kier molecular flexibility index (Phi) is 2.81. The molecule has 3 N–H and O–H groups in total. The van der Waals surface area contributed by atoms with Crippen LogP contribution in [0.15, 0.2) is 41.1 Å². The fourth-order valence-electron chi connectivity index (χ4n) is 3.13. The zero-order valence-corrected chi connectivity index (χ0v) is 11.7. The first-order valence-corrected chi connectivity index (χ1v) is 7.33. The summed E-state index contributed by atoms with van der Waals surface area (Å²) in [5.41, 5.74) is 11.6. The molecule has 106 valence electrons. The Morgan fingerprint density at radius 2 is 2.05 bits per heavy atom. The largest absolute Gasteiger partial charge is 0.437 e. The van der Waals surface area contributed by atoms with Crippen molar-refractivity contribution >= 4 is 28.2 Å². The maximum atomic E-state index is 6.02. The number of nitrogens with one attached hydrogen (secondary N) is 1. The minimum Gasteiger partial charge on any atom is -0.437 e. The molecule has 3 aromatic rings. The van der Waals surface area contributed by atoms with E-state index in [0.29, 0.717) is 11.5 Å². The molecule has 0 aliphatic heterocycles. The standard InChI is InChI=1S/C17H17N3O/c18-17-16(13-8-9-19-10-15(13)21-17)20-14-7-3-5-11-4-1-2-6-12(11)14/h3,5,7-10,20H,1-2,4,6,18H2. The molecule has 0 unspecified atom stereocenters. The van der Waals surface area contributed by atoms with Gasteiger partial charge in [-0.2, -0.15) is 0 Å². The second-order valence-corrected chi connectivity index (χ2v) is 5.49. The number of pyridine rings is 1. The zero-order valence-electron chi connectivity index (χ0n) is 11.7. The van der Waals surface area contributed by atoms with E-state index in [-0.39, 0.29) is 0 Å². The highest BCUT2D eigenvalue weighted by Crippen LogP contribution is 2.37. The quantitative estimate of drug-likeness (QED) is 0.743. The molecule has 0 spiro atoms. The van der Waals surface area contributed by atoms with E-state index >= 15 is 0 Å². The molecule has 0 amide bonds. The van der Waals surface area contributed by atoms with Crippen molar-refractivity contribution in [1.29, 1.82) is 0 Å². The number of aryl methyl sites for hydroxylation is 1. The van der Waals surface area contributed by atoms with E-state index in [1.54, 1.807) is 12.4 Å². The number of fused-ring (bicyclic) bond motifs is 2. The number of benzene rings is 1. The fraction of sp³-hybridized carbons (Fsp3) is 0.235. The summed E-state index contributed by atoms with van der Waals surface area (Å²) in [6.45, 7) is 0. The first kappa shape index (κ1) is 12.3. The second kappa shape index (κ2) is 4.81. The third-order valence-corrected chi connectivity index (χ3v) is 4.18. The van der Waals surface area contributed by atoms with E-state index in [9.17, 15) is 0 Å². The third-order valence-electron chi connectivity index (χ3n) is 4.18. The predicted molar refractivity (Wildman–Crippen MR) is 84.8 cm³/mol. The molecule has 0 radical (unpaired) electrons. The van der Waals surface area contributed by atoms with Crippen LogP contribution in [0.5, 0.6) is 0 Å². The van der Waals surface area contributed by atoms with Gasteiger partial charge in [0.2, 0.25) is 5.88 Å². The Morgan fingerprint density at radius 3 is 3.00 bits per heavy atom. The van der Waals surface area contributed by atoms with Crippen LogP contribution in [0.1, 0.15) is 24.0 Å². The van der Waals surface area contributed by atoms with Gasteiger partial charge in [0, 0.05) is 17.3 Å². The predicted octanol–water partition coefficient (Wildman–Crippen LogP) is 4.03. The highest BCUT2D eigenvalue weighted by Gasteiger charge is 2.16. The van der Waals surface area contributed by atoms with Gasteiger partial charge in [-0.1, -0.05) is 12.1 Å². The normalized spacial score (nSPS) is 14.1. The van der Waals surface area contributed by atoms with Crippen LogP contribution < -0.4 is 11.1 Å². The molecule has 4 heteroatoms. The molecule has 0 bridgehead atoms. The van der Waals surface area contributed by atoms with Crippen LogP contribution in [0.25, 0.3) is 11.0 Å². The molecule has 0 saturated heterocycles. The molecule has 0 fully saturated rings. The van der Waals surface area contributed by atoms with Gasteiger partial charge in [0.1, 0.15) is 5.69 Å². The van der Waals surface area contributed by atoms with E-state index in [2.05, 4.69) is 28.5 Å². The summed E-state index contributed by atoms with van der Waals surface area (Å²) in [7, 11) is 0. The number of rotatable bonds is 2. The van der Waals surface area contributed by atoms with Gasteiger partial charge in [0.15, 0.2) is 5.58 Å². The topological polar surface area (TPSA) is 64.1 Å². The number of nitrogens with two attached hydrogens (primary N) is 1. The molecule has 1 aliphatic carbocycles. The average Bonchev–Trinajstić information content (AvgIpc) is 2.84. The molecule has 0 saturated carbocycles. The number of hydrogen-bond donors (Lipinski definition) is 2. The van der Waals surface area contributed by atoms with Crippen LogP contribution in [0.4, 0.5) is 17.3 Å². The van der Waals surface area contributed by atoms with Crippen molar-refractivity contribution in [2.75, 3.05) is 11.1 Å². The van der Waals surface area contributed by atoms with Crippen LogP contribution in [0, 0.1) is 0 Å². The lowest BCUT2D eigenvalue weighted by Crippen LogP contribution is -2.06. The number of nitrogens with zero attached hydrogens (tertiary/aromatic N) is 1. The summed E-state index contributed by atoms with van der Waals surface area (Å²) < 4.78 is 5.57. The van der Waals surface area contributed by atoms with Crippen molar-refractivity contribution in [1.82, 2.24) is 4.98 Å². The van der Waals surface area contributed by atoms with Gasteiger partial charge < -0.3 is 15.5 Å². The van der Waals surface area contributed by atoms with E-state index in [0.717, 1.165) is 29.6 Å². The highest BCUT2D eigenvalue weighted by atomic mass is 16.3. The lowest BCUT2D eigenvalue weighted by atomic mass is 9.90. The van der Waals surface area contributed by atoms with Gasteiger partial charge in [-0.25, -0.2) is 0 Å². The van der Waals surface area contributed by atoms with Crippen molar-refractivity contribution < 1.29 is 4.42 Å². The summed E-state index contributed by atoms with van der Waals surface area (Å²) in [4.78, 5) is 4.07. The smallest absolute Gasteiger partial charge is 0.215 e. The van der Waals surface area contributed by atoms with Crippen molar-refractivity contribution in [3.8, 4) is 0 Å². The van der Waals surface area contributed by atoms with Gasteiger partial charge in [0.05, 0.1) is 6.20 Å². The van der Waals surface area contributed by atoms with E-state index in [1.165, 1.54) is 24.0 Å². The minimum absolute atomic E-state index is 0.409. The number of hydrogen-bond acceptors (Lipinski definition) is 4. The molecule has 1 aliphatic rings. The molecular weight excluding hydrogens is 262 g/mol. The second-order valence-electron chi connectivity index (χ2n) is 5.49. The monoisotopic (exact) mass is 279 g/mol. The molecular formula is C17H17N3O. The molecule has 0 atom stereocenters. The summed E-state index contributed by atoms with van der Waals surface area (Å²) >= 11 is 0. The summed E-state index contributed by atoms with van der Waals surface area (Å²) in [6.07, 6.45) is 8.25. The van der Waals surface area contributed by atoms with Gasteiger partial charge in [-0.15, -0.1) is 0 Å². The van der Waals surface area contributed by atoms with Crippen LogP contribution in [-0.4, -0.2) is 4.98 Å². The summed E-state index contributed by atoms with van der Waals surface area (Å²) in [6, 6.07) is 8.36. The fourth-order valence-corrected chi connectivity index (χ4v) is 3.13. The lowest BCUT2D eigenvalue weighted by Gasteiger charge is -2.20. The van der Waals surface area contributed by atoms with Crippen LogP contribution in [-0.2, 0) is 12.8 Å². The first-order valence-electron chi connectivity index (χ1n) is 7.33. The molecule has 2 aromatic heterocycles. The SMILES string of the molecule is Nc1oc2cnccc2c1Nc1cccc2c1CCCC2. The van der Waals surface area contributed by atoms with Gasteiger partial charge >= 0.3 is 0 Å². The maximum absolute atomic E-state index is 6.02. The minimum atomic E-state index is 0.409. The van der Waals surface area contributed by atoms with Gasteiger partial charge in [0.25, 0.3) is 0 Å². The van der Waals surface area contributed by atoms with Crippen molar-refractivity contribution in [2.45, 2.75) is 25.7 Å². The van der Waals surface area contributed by atoms with E-state index in [1.807, 2.05) is 6.07 Å². The van der Waals surface area contributed by atoms with Crippen LogP contribution in [0.3, 0.4) is 0 Å². The van der Waals surface area contributed by atoms with Crippen molar-refractivity contribution in [2.24, 2.45) is 0 Å². The summed E-state index contributed by atoms with van der Waals surface area (Å²) in [5, 5.41) is 4.45. The van der Waals surface area contributed by atoms with E-state index < -0.39 is 0 Å². The Morgan fingerprint density at radius 1 is 1.14 bits per heavy atom. The third kappa shape index (κ3) is 2.03. The lowest BCUT2D eigenvalue weighted by molar-refractivity contribution is 0.636. The summed E-state index contributed by atoms with van der Waals surface area (Å²) in [5.74, 6) is 0.409. The molecule has 4 nitrogen and oxygen atoms in total. The van der Waals surface area contributed by atoms with Gasteiger partial charge in [-0.05, 0) is 48.9 Å². The van der Waals surface area contributed by atoms with Crippen molar-refractivity contribution in [3.63, 3.8) is 0 Å². The zero-order chi connectivity index (χ0) is 14.2. The molecule has 4 rings (SSSR count). The van der Waals surface area contributed by atoms with Crippen molar-refractivity contribution in [3.05, 3.63) is 47.8 Å². The number of furan rings is 1. The Labute approximate surface area is 123 Å². The number of nitrogen functional groups attached to an aromatic ring is 1. The number of anilines is 3. The Hall–Kier alpha value is -2.49. The average molecular weight is 279 g/mol. The van der Waals surface area contributed by atoms with E-state index in [4.69, 9.17) is 10.2 Å². The number of aromatic nitrogens is 1. The first-order chi connectivity index (χ1) is 10.3. The Bertz CT molecular complexity index is 807.